The molecule has 0 aliphatic carbocycles. The van der Waals surface area contributed by atoms with Crippen LogP contribution in [0, 0.1) is 0 Å². The quantitative estimate of drug-likeness (QED) is 0.393. The Morgan fingerprint density at radius 3 is 2.26 bits per heavy atom. The van der Waals surface area contributed by atoms with Crippen LogP contribution in [-0.4, -0.2) is 83.5 Å². The minimum atomic E-state index is -1.26. The average Bonchev–Trinajstić information content (AvgIpc) is 3.28. The number of benzene rings is 2. The van der Waals surface area contributed by atoms with E-state index in [2.05, 4.69) is 63.3 Å². The van der Waals surface area contributed by atoms with Crippen LogP contribution in [0.25, 0.3) is 0 Å². The fraction of sp³-hybridized carbons (Fsp3) is 0.393. The highest BCUT2D eigenvalue weighted by Gasteiger charge is 2.38. The van der Waals surface area contributed by atoms with Crippen LogP contribution in [0.2, 0.25) is 0 Å². The van der Waals surface area contributed by atoms with Crippen molar-refractivity contribution >= 4 is 34.0 Å². The second kappa shape index (κ2) is 15.3. The number of carboxylic acids is 2. The average molecular weight is 589 g/mol. The first kappa shape index (κ1) is 29.3. The van der Waals surface area contributed by atoms with Gasteiger partial charge >= 0.3 is 18.0 Å². The van der Waals surface area contributed by atoms with Gasteiger partial charge in [-0.25, -0.2) is 14.4 Å². The molecule has 204 valence electrons. The number of aryl methyl sites for hydroxylation is 1. The van der Waals surface area contributed by atoms with Crippen molar-refractivity contribution in [1.82, 2.24) is 9.80 Å². The molecule has 2 N–H and O–H groups in total. The Balaban J connectivity index is 0.000000436. The molecular weight excluding hydrogens is 556 g/mol. The first-order valence-electron chi connectivity index (χ1n) is 12.5. The third kappa shape index (κ3) is 9.27. The van der Waals surface area contributed by atoms with E-state index in [1.54, 1.807) is 0 Å². The number of hydrogen-bond donors (Lipinski definition) is 2. The second-order valence-electron chi connectivity index (χ2n) is 8.95. The van der Waals surface area contributed by atoms with E-state index in [0.29, 0.717) is 18.8 Å². The molecule has 0 spiro atoms. The smallest absolute Gasteiger partial charge is 0.410 e. The third-order valence-corrected chi connectivity index (χ3v) is 7.19. The summed E-state index contributed by atoms with van der Waals surface area (Å²) in [5.41, 5.74) is 2.44. The summed E-state index contributed by atoms with van der Waals surface area (Å²) in [6.45, 7) is 4.90. The molecule has 9 nitrogen and oxygen atoms in total. The summed E-state index contributed by atoms with van der Waals surface area (Å²) in [7, 11) is 0. The van der Waals surface area contributed by atoms with Crippen LogP contribution in [0.4, 0.5) is 4.79 Å². The van der Waals surface area contributed by atoms with Crippen LogP contribution < -0.4 is 0 Å². The minimum Gasteiger partial charge on any atom is -0.478 e. The van der Waals surface area contributed by atoms with Crippen LogP contribution in [0.5, 0.6) is 0 Å². The highest BCUT2D eigenvalue weighted by atomic mass is 79.9. The van der Waals surface area contributed by atoms with Crippen molar-refractivity contribution in [3.63, 3.8) is 0 Å². The van der Waals surface area contributed by atoms with Crippen molar-refractivity contribution in [3.8, 4) is 0 Å². The van der Waals surface area contributed by atoms with E-state index < -0.39 is 11.9 Å². The zero-order valence-corrected chi connectivity index (χ0v) is 22.7. The van der Waals surface area contributed by atoms with Gasteiger partial charge in [0.2, 0.25) is 0 Å². The lowest BCUT2D eigenvalue weighted by Gasteiger charge is -2.34. The maximum absolute atomic E-state index is 12.8. The van der Waals surface area contributed by atoms with E-state index in [9.17, 15) is 14.4 Å². The Bertz CT molecular complexity index is 1070. The number of aliphatic carboxylic acids is 2. The fourth-order valence-electron chi connectivity index (χ4n) is 4.51. The molecular formula is C28H33BrN2O7. The molecule has 4 rings (SSSR count). The van der Waals surface area contributed by atoms with Crippen LogP contribution in [0.15, 0.2) is 71.2 Å². The Hall–Kier alpha value is -3.21. The van der Waals surface area contributed by atoms with Gasteiger partial charge < -0.3 is 19.7 Å². The van der Waals surface area contributed by atoms with Gasteiger partial charge in [0.05, 0.1) is 25.3 Å². The van der Waals surface area contributed by atoms with E-state index in [1.807, 2.05) is 17.0 Å². The van der Waals surface area contributed by atoms with Crippen molar-refractivity contribution in [2.75, 3.05) is 39.5 Å². The number of hydrogen-bond acceptors (Lipinski definition) is 6. The van der Waals surface area contributed by atoms with E-state index in [-0.39, 0.29) is 18.2 Å². The van der Waals surface area contributed by atoms with Crippen molar-refractivity contribution < 1.29 is 34.1 Å². The zero-order valence-electron chi connectivity index (χ0n) is 21.1. The number of cyclic esters (lactones) is 1. The first-order valence-corrected chi connectivity index (χ1v) is 13.3. The number of carbonyl (C=O) groups is 3. The van der Waals surface area contributed by atoms with Gasteiger partial charge in [-0.05, 0) is 36.5 Å². The summed E-state index contributed by atoms with van der Waals surface area (Å²) < 4.78 is 12.1. The number of amides is 1. The lowest BCUT2D eigenvalue weighted by Crippen LogP contribution is -2.41. The number of rotatable bonds is 10. The highest BCUT2D eigenvalue weighted by molar-refractivity contribution is 9.10. The number of carbonyl (C=O) groups excluding carboxylic acids is 1. The molecule has 2 unspecified atom stereocenters. The zero-order chi connectivity index (χ0) is 27.3. The summed E-state index contributed by atoms with van der Waals surface area (Å²) >= 11 is 3.64. The van der Waals surface area contributed by atoms with Gasteiger partial charge in [0.25, 0.3) is 0 Å². The number of ether oxygens (including phenoxy) is 2. The van der Waals surface area contributed by atoms with Crippen LogP contribution >= 0.6 is 15.9 Å². The molecule has 2 aromatic rings. The molecule has 38 heavy (non-hydrogen) atoms. The molecule has 2 heterocycles. The largest absolute Gasteiger partial charge is 0.478 e. The summed E-state index contributed by atoms with van der Waals surface area (Å²) in [5, 5.41) is 15.6. The molecule has 0 radical (unpaired) electrons. The fourth-order valence-corrected chi connectivity index (χ4v) is 5.00. The number of halogens is 1. The van der Waals surface area contributed by atoms with Crippen LogP contribution in [-0.2, 0) is 25.5 Å². The molecule has 0 bridgehead atoms. The van der Waals surface area contributed by atoms with Crippen molar-refractivity contribution in [2.24, 2.45) is 0 Å². The maximum atomic E-state index is 12.8. The lowest BCUT2D eigenvalue weighted by atomic mass is 9.98. The number of nitrogens with zero attached hydrogens (tertiary/aromatic N) is 2. The summed E-state index contributed by atoms with van der Waals surface area (Å²) in [4.78, 5) is 36.3. The standard InChI is InChI=1S/C24H29BrN2O3.C4H4O4/c25-22-9-5-4-6-19(22)10-11-21-18-30-24(28)27(21)23(20-7-2-1-3-8-20)12-13-26-14-16-29-17-15-26;5-3(6)1-2-4(7)8/h1-9,21,23H,10-18H2;1-2H,(H,5,6)(H,7,8). The van der Waals surface area contributed by atoms with E-state index in [4.69, 9.17) is 19.7 Å². The predicted molar refractivity (Wildman–Crippen MR) is 145 cm³/mol. The van der Waals surface area contributed by atoms with E-state index in [0.717, 1.165) is 56.6 Å². The van der Waals surface area contributed by atoms with Gasteiger partial charge in [-0.2, -0.15) is 0 Å². The number of carboxylic acid groups (broad SMARTS) is 2. The molecule has 1 amide bonds. The topological polar surface area (TPSA) is 117 Å². The SMILES string of the molecule is O=C(O)C=CC(=O)O.O=C1OCC(CCc2ccccc2Br)N1C(CCN1CCOCC1)c1ccccc1. The van der Waals surface area contributed by atoms with Crippen molar-refractivity contribution in [2.45, 2.75) is 31.3 Å². The van der Waals surface area contributed by atoms with Crippen LogP contribution in [0.3, 0.4) is 0 Å². The molecule has 2 atom stereocenters. The molecule has 2 saturated heterocycles. The third-order valence-electron chi connectivity index (χ3n) is 6.42. The summed E-state index contributed by atoms with van der Waals surface area (Å²) in [6, 6.07) is 18.8. The van der Waals surface area contributed by atoms with Gasteiger partial charge in [-0.1, -0.05) is 64.5 Å². The molecule has 2 aromatic carbocycles. The van der Waals surface area contributed by atoms with Crippen LogP contribution in [0.1, 0.15) is 30.0 Å². The Kier molecular flexibility index (Phi) is 11.8. The molecule has 10 heteroatoms. The molecule has 2 fully saturated rings. The molecule has 0 saturated carbocycles. The highest BCUT2D eigenvalue weighted by Crippen LogP contribution is 2.33. The van der Waals surface area contributed by atoms with Gasteiger partial charge in [-0.3, -0.25) is 9.80 Å². The lowest BCUT2D eigenvalue weighted by molar-refractivity contribution is -0.134. The monoisotopic (exact) mass is 588 g/mol. The molecule has 2 aliphatic rings. The second-order valence-corrected chi connectivity index (χ2v) is 9.80. The number of morpholine rings is 1. The molecule has 2 aliphatic heterocycles. The minimum absolute atomic E-state index is 0.0215. The van der Waals surface area contributed by atoms with Gasteiger partial charge in [-0.15, -0.1) is 0 Å². The van der Waals surface area contributed by atoms with Gasteiger partial charge in [0.1, 0.15) is 6.61 Å². The first-order chi connectivity index (χ1) is 18.3. The Morgan fingerprint density at radius 2 is 1.63 bits per heavy atom. The Morgan fingerprint density at radius 1 is 1.00 bits per heavy atom. The maximum Gasteiger partial charge on any atom is 0.410 e. The summed E-state index contributed by atoms with van der Waals surface area (Å²) in [5.74, 6) is -2.51. The predicted octanol–water partition coefficient (Wildman–Crippen LogP) is 4.38. The van der Waals surface area contributed by atoms with Crippen molar-refractivity contribution in [1.29, 1.82) is 0 Å². The van der Waals surface area contributed by atoms with E-state index in [1.165, 1.54) is 11.1 Å². The Labute approximate surface area is 230 Å². The van der Waals surface area contributed by atoms with Gasteiger partial charge in [0.15, 0.2) is 0 Å². The van der Waals surface area contributed by atoms with Crippen molar-refractivity contribution in [3.05, 3.63) is 82.3 Å². The van der Waals surface area contributed by atoms with Gasteiger partial charge in [0, 0.05) is 36.3 Å². The van der Waals surface area contributed by atoms with E-state index >= 15 is 0 Å². The summed E-state index contributed by atoms with van der Waals surface area (Å²) in [6.07, 6.45) is 3.61. The normalized spacial score (nSPS) is 18.5. The molecule has 0 aromatic heterocycles.